The number of amides is 2. The van der Waals surface area contributed by atoms with Crippen molar-refractivity contribution in [2.45, 2.75) is 13.0 Å². The van der Waals surface area contributed by atoms with Crippen LogP contribution in [0, 0.1) is 6.92 Å². The average Bonchev–Trinajstić information content (AvgIpc) is 2.47. The van der Waals surface area contributed by atoms with Gasteiger partial charge in [-0.05, 0) is 14.0 Å². The van der Waals surface area contributed by atoms with Crippen LogP contribution in [0.2, 0.25) is 0 Å². The van der Waals surface area contributed by atoms with E-state index in [0.717, 1.165) is 5.69 Å². The monoisotopic (exact) mass is 291 g/mol. The first kappa shape index (κ1) is 15.4. The van der Waals surface area contributed by atoms with Gasteiger partial charge >= 0.3 is 0 Å². The van der Waals surface area contributed by atoms with E-state index in [9.17, 15) is 9.59 Å². The molecule has 1 atom stereocenters. The summed E-state index contributed by atoms with van der Waals surface area (Å²) in [5.74, 6) is -0.169. The number of aryl methyl sites for hydroxylation is 1. The fraction of sp³-hybridized carbons (Fsp3) is 0.571. The molecule has 114 valence electrons. The maximum absolute atomic E-state index is 12.4. The lowest BCUT2D eigenvalue weighted by Crippen LogP contribution is -2.58. The molecular weight excluding hydrogens is 270 g/mol. The molecule has 0 N–H and O–H groups in total. The van der Waals surface area contributed by atoms with Gasteiger partial charge in [0.15, 0.2) is 0 Å². The standard InChI is InChI=1S/C14H21N5O2/c1-10-7-16-11(8-15-10)13(20)19-6-5-18(4)12(9-19)14(21)17(2)3/h7-8,12H,5-6,9H2,1-4H3/t12-/m1/s1. The molecule has 2 amide bonds. The SMILES string of the molecule is Cc1cnc(C(=O)N2CCN(C)[C@@H](C(=O)N(C)C)C2)cn1. The number of rotatable bonds is 2. The molecule has 7 heteroatoms. The van der Waals surface area contributed by atoms with Crippen molar-refractivity contribution in [3.63, 3.8) is 0 Å². The van der Waals surface area contributed by atoms with Crippen molar-refractivity contribution >= 4 is 11.8 Å². The van der Waals surface area contributed by atoms with Crippen LogP contribution in [0.4, 0.5) is 0 Å². The molecule has 2 rings (SSSR count). The number of hydrogen-bond acceptors (Lipinski definition) is 5. The maximum atomic E-state index is 12.4. The first-order valence-electron chi connectivity index (χ1n) is 6.89. The second-order valence-corrected chi connectivity index (χ2v) is 5.52. The van der Waals surface area contributed by atoms with Crippen LogP contribution >= 0.6 is 0 Å². The number of nitrogens with zero attached hydrogens (tertiary/aromatic N) is 5. The third-order valence-corrected chi connectivity index (χ3v) is 3.66. The summed E-state index contributed by atoms with van der Waals surface area (Å²) in [4.78, 5) is 38.0. The van der Waals surface area contributed by atoms with Crippen LogP contribution in [0.3, 0.4) is 0 Å². The highest BCUT2D eigenvalue weighted by Gasteiger charge is 2.33. The molecule has 1 aliphatic heterocycles. The van der Waals surface area contributed by atoms with Crippen LogP contribution < -0.4 is 0 Å². The zero-order valence-electron chi connectivity index (χ0n) is 12.9. The van der Waals surface area contributed by atoms with Gasteiger partial charge in [-0.1, -0.05) is 0 Å². The summed E-state index contributed by atoms with van der Waals surface area (Å²) in [6, 6.07) is -0.309. The Bertz CT molecular complexity index is 529. The quantitative estimate of drug-likeness (QED) is 0.743. The zero-order chi connectivity index (χ0) is 15.6. The summed E-state index contributed by atoms with van der Waals surface area (Å²) in [5, 5.41) is 0. The molecule has 7 nitrogen and oxygen atoms in total. The van der Waals surface area contributed by atoms with Gasteiger partial charge in [-0.25, -0.2) is 4.98 Å². The molecule has 1 aliphatic rings. The average molecular weight is 291 g/mol. The fourth-order valence-electron chi connectivity index (χ4n) is 2.29. The molecule has 1 aromatic rings. The van der Waals surface area contributed by atoms with Crippen molar-refractivity contribution in [2.24, 2.45) is 0 Å². The molecule has 1 saturated heterocycles. The van der Waals surface area contributed by atoms with Gasteiger partial charge in [0, 0.05) is 39.9 Å². The van der Waals surface area contributed by atoms with Gasteiger partial charge in [0.25, 0.3) is 5.91 Å². The van der Waals surface area contributed by atoms with E-state index >= 15 is 0 Å². The Labute approximate surface area is 124 Å². The predicted octanol–water partition coefficient (Wildman–Crippen LogP) is -0.371. The van der Waals surface area contributed by atoms with Gasteiger partial charge in [-0.2, -0.15) is 0 Å². The van der Waals surface area contributed by atoms with E-state index in [1.54, 1.807) is 30.1 Å². The third-order valence-electron chi connectivity index (χ3n) is 3.66. The minimum atomic E-state index is -0.309. The van der Waals surface area contributed by atoms with Gasteiger partial charge in [-0.3, -0.25) is 19.5 Å². The van der Waals surface area contributed by atoms with Crippen LogP contribution in [0.1, 0.15) is 16.2 Å². The second-order valence-electron chi connectivity index (χ2n) is 5.52. The lowest BCUT2D eigenvalue weighted by Gasteiger charge is -2.39. The zero-order valence-corrected chi connectivity index (χ0v) is 12.9. The topological polar surface area (TPSA) is 69.6 Å². The Morgan fingerprint density at radius 2 is 1.95 bits per heavy atom. The highest BCUT2D eigenvalue weighted by molar-refractivity contribution is 5.93. The summed E-state index contributed by atoms with van der Waals surface area (Å²) in [5.41, 5.74) is 1.09. The van der Waals surface area contributed by atoms with E-state index in [1.807, 2.05) is 18.9 Å². The largest absolute Gasteiger partial charge is 0.347 e. The maximum Gasteiger partial charge on any atom is 0.274 e. The molecule has 0 radical (unpaired) electrons. The number of carbonyl (C=O) groups is 2. The molecular formula is C14H21N5O2. The second kappa shape index (κ2) is 6.17. The smallest absolute Gasteiger partial charge is 0.274 e. The van der Waals surface area contributed by atoms with E-state index in [1.165, 1.54) is 6.20 Å². The Hall–Kier alpha value is -2.02. The van der Waals surface area contributed by atoms with E-state index in [0.29, 0.717) is 25.3 Å². The number of piperazine rings is 1. The molecule has 21 heavy (non-hydrogen) atoms. The summed E-state index contributed by atoms with van der Waals surface area (Å²) >= 11 is 0. The summed E-state index contributed by atoms with van der Waals surface area (Å²) in [6.45, 7) is 3.45. The molecule has 1 aromatic heterocycles. The highest BCUT2D eigenvalue weighted by Crippen LogP contribution is 2.12. The summed E-state index contributed by atoms with van der Waals surface area (Å²) in [7, 11) is 5.35. The predicted molar refractivity (Wildman–Crippen MR) is 77.8 cm³/mol. The van der Waals surface area contributed by atoms with Crippen LogP contribution in [0.5, 0.6) is 0 Å². The van der Waals surface area contributed by atoms with Crippen molar-refractivity contribution in [1.29, 1.82) is 0 Å². The van der Waals surface area contributed by atoms with Crippen LogP contribution in [0.15, 0.2) is 12.4 Å². The van der Waals surface area contributed by atoms with E-state index < -0.39 is 0 Å². The van der Waals surface area contributed by atoms with Gasteiger partial charge in [0.1, 0.15) is 11.7 Å². The molecule has 0 spiro atoms. The highest BCUT2D eigenvalue weighted by atomic mass is 16.2. The van der Waals surface area contributed by atoms with E-state index in [-0.39, 0.29) is 17.9 Å². The molecule has 0 bridgehead atoms. The summed E-state index contributed by atoms with van der Waals surface area (Å²) < 4.78 is 0. The van der Waals surface area contributed by atoms with Gasteiger partial charge in [0.2, 0.25) is 5.91 Å². The minimum Gasteiger partial charge on any atom is -0.347 e. The van der Waals surface area contributed by atoms with E-state index in [4.69, 9.17) is 0 Å². The molecule has 0 unspecified atom stereocenters. The Kier molecular flexibility index (Phi) is 4.52. The van der Waals surface area contributed by atoms with Crippen molar-refractivity contribution < 1.29 is 9.59 Å². The van der Waals surface area contributed by atoms with Crippen molar-refractivity contribution in [1.82, 2.24) is 24.7 Å². The molecule has 2 heterocycles. The van der Waals surface area contributed by atoms with Gasteiger partial charge in [-0.15, -0.1) is 0 Å². The number of carbonyl (C=O) groups excluding carboxylic acids is 2. The van der Waals surface area contributed by atoms with Crippen molar-refractivity contribution in [3.05, 3.63) is 23.8 Å². The van der Waals surface area contributed by atoms with Gasteiger partial charge < -0.3 is 9.80 Å². The van der Waals surface area contributed by atoms with Crippen molar-refractivity contribution in [2.75, 3.05) is 40.8 Å². The number of aromatic nitrogens is 2. The lowest BCUT2D eigenvalue weighted by molar-refractivity contribution is -0.135. The molecule has 0 aromatic carbocycles. The molecule has 0 aliphatic carbocycles. The Morgan fingerprint density at radius 1 is 1.24 bits per heavy atom. The third kappa shape index (κ3) is 3.36. The minimum absolute atomic E-state index is 0.00462. The van der Waals surface area contributed by atoms with Crippen LogP contribution in [0.25, 0.3) is 0 Å². The summed E-state index contributed by atoms with van der Waals surface area (Å²) in [6.07, 6.45) is 3.06. The first-order chi connectivity index (χ1) is 9.90. The number of hydrogen-bond donors (Lipinski definition) is 0. The molecule has 1 fully saturated rings. The number of likely N-dealkylation sites (N-methyl/N-ethyl adjacent to an activating group) is 2. The fourth-order valence-corrected chi connectivity index (χ4v) is 2.29. The van der Waals surface area contributed by atoms with Crippen LogP contribution in [-0.4, -0.2) is 83.3 Å². The first-order valence-corrected chi connectivity index (χ1v) is 6.89. The normalized spacial score (nSPS) is 19.4. The van der Waals surface area contributed by atoms with Crippen molar-refractivity contribution in [3.8, 4) is 0 Å². The Morgan fingerprint density at radius 3 is 2.52 bits per heavy atom. The van der Waals surface area contributed by atoms with Gasteiger partial charge in [0.05, 0.1) is 11.9 Å². The van der Waals surface area contributed by atoms with Crippen LogP contribution in [-0.2, 0) is 4.79 Å². The van der Waals surface area contributed by atoms with E-state index in [2.05, 4.69) is 9.97 Å². The lowest BCUT2D eigenvalue weighted by atomic mass is 10.1. The Balaban J connectivity index is 2.12. The molecule has 0 saturated carbocycles.